The average Bonchev–Trinajstić information content (AvgIpc) is 3.26. The number of hydrogen-bond acceptors (Lipinski definition) is 3. The summed E-state index contributed by atoms with van der Waals surface area (Å²) in [5, 5.41) is 4.06. The second-order valence-electron chi connectivity index (χ2n) is 7.23. The van der Waals surface area contributed by atoms with Gasteiger partial charge in [-0.05, 0) is 42.7 Å². The molecule has 0 aliphatic carbocycles. The number of nitrogens with one attached hydrogen (secondary N) is 1. The quantitative estimate of drug-likeness (QED) is 0.680. The van der Waals surface area contributed by atoms with Crippen molar-refractivity contribution >= 4 is 33.0 Å². The summed E-state index contributed by atoms with van der Waals surface area (Å²) in [5.74, 6) is -0.233. The first-order valence-corrected chi connectivity index (χ1v) is 9.79. The van der Waals surface area contributed by atoms with Crippen molar-refractivity contribution in [2.24, 2.45) is 0 Å². The minimum atomic E-state index is -0.260. The molecule has 5 heteroatoms. The molecule has 0 saturated carbocycles. The number of carbonyl (C=O) groups excluding carboxylic acids is 1. The fourth-order valence-corrected chi connectivity index (χ4v) is 5.37. The molecule has 1 aromatic heterocycles. The van der Waals surface area contributed by atoms with Gasteiger partial charge in [0.25, 0.3) is 5.91 Å². The van der Waals surface area contributed by atoms with Crippen LogP contribution in [0.25, 0.3) is 10.1 Å². The van der Waals surface area contributed by atoms with E-state index in [0.29, 0.717) is 10.3 Å². The van der Waals surface area contributed by atoms with E-state index in [1.54, 1.807) is 12.1 Å². The number of fused-ring (bicyclic) bond motifs is 3. The molecule has 3 nitrogen and oxygen atoms in total. The highest BCUT2D eigenvalue weighted by Crippen LogP contribution is 2.44. The van der Waals surface area contributed by atoms with E-state index in [1.807, 2.05) is 11.0 Å². The summed E-state index contributed by atoms with van der Waals surface area (Å²) in [6.45, 7) is 2.43. The maximum atomic E-state index is 13.9. The molecule has 1 saturated heterocycles. The van der Waals surface area contributed by atoms with Gasteiger partial charge in [0.2, 0.25) is 0 Å². The molecule has 2 aliphatic heterocycles. The highest BCUT2D eigenvalue weighted by Gasteiger charge is 2.42. The summed E-state index contributed by atoms with van der Waals surface area (Å²) in [7, 11) is 0. The Hall–Kier alpha value is -2.40. The number of benzene rings is 2. The molecule has 5 rings (SSSR count). The minimum absolute atomic E-state index is 0.0275. The molecule has 1 N–H and O–H groups in total. The van der Waals surface area contributed by atoms with E-state index in [2.05, 4.69) is 29.6 Å². The van der Waals surface area contributed by atoms with Crippen LogP contribution in [0.5, 0.6) is 0 Å². The largest absolute Gasteiger partial charge is 0.384 e. The lowest BCUT2D eigenvalue weighted by atomic mass is 9.74. The van der Waals surface area contributed by atoms with Crippen LogP contribution < -0.4 is 5.32 Å². The Morgan fingerprint density at radius 1 is 1.12 bits per heavy atom. The number of amides is 1. The van der Waals surface area contributed by atoms with Crippen molar-refractivity contribution in [1.82, 2.24) is 4.90 Å². The third-order valence-electron chi connectivity index (χ3n) is 5.84. The van der Waals surface area contributed by atoms with Crippen LogP contribution in [-0.2, 0) is 5.41 Å². The summed E-state index contributed by atoms with van der Waals surface area (Å²) in [5.41, 5.74) is 2.75. The number of thiophene rings is 1. The molecular formula is C21H19FN2OS. The fourth-order valence-electron chi connectivity index (χ4n) is 4.33. The third kappa shape index (κ3) is 2.34. The van der Waals surface area contributed by atoms with E-state index in [4.69, 9.17) is 0 Å². The van der Waals surface area contributed by atoms with Gasteiger partial charge in [-0.3, -0.25) is 4.79 Å². The normalized spacial score (nSPS) is 18.1. The van der Waals surface area contributed by atoms with Crippen LogP contribution in [0.3, 0.4) is 0 Å². The lowest BCUT2D eigenvalue weighted by Crippen LogP contribution is -2.46. The number of anilines is 1. The molecule has 1 spiro atoms. The Kier molecular flexibility index (Phi) is 3.54. The second-order valence-corrected chi connectivity index (χ2v) is 8.32. The molecule has 3 heterocycles. The van der Waals surface area contributed by atoms with Gasteiger partial charge >= 0.3 is 0 Å². The molecule has 3 aromatic rings. The van der Waals surface area contributed by atoms with Crippen molar-refractivity contribution in [2.75, 3.05) is 25.0 Å². The number of para-hydroxylation sites is 1. The molecule has 0 bridgehead atoms. The molecular weight excluding hydrogens is 347 g/mol. The third-order valence-corrected chi connectivity index (χ3v) is 6.93. The minimum Gasteiger partial charge on any atom is -0.384 e. The van der Waals surface area contributed by atoms with Gasteiger partial charge in [0.05, 0.1) is 4.88 Å². The number of carbonyl (C=O) groups is 1. The van der Waals surface area contributed by atoms with Crippen LogP contribution >= 0.6 is 11.3 Å². The van der Waals surface area contributed by atoms with Crippen LogP contribution in [0.4, 0.5) is 10.1 Å². The summed E-state index contributed by atoms with van der Waals surface area (Å²) < 4.78 is 14.8. The molecule has 0 radical (unpaired) electrons. The molecule has 0 atom stereocenters. The Bertz CT molecular complexity index is 1000. The number of nitrogens with zero attached hydrogens (tertiary/aromatic N) is 1. The zero-order valence-electron chi connectivity index (χ0n) is 14.3. The van der Waals surface area contributed by atoms with Crippen molar-refractivity contribution in [1.29, 1.82) is 0 Å². The second kappa shape index (κ2) is 5.81. The first-order valence-electron chi connectivity index (χ1n) is 8.97. The van der Waals surface area contributed by atoms with Gasteiger partial charge in [-0.2, -0.15) is 0 Å². The summed E-state index contributed by atoms with van der Waals surface area (Å²) in [4.78, 5) is 15.5. The molecule has 2 aliphatic rings. The average molecular weight is 366 g/mol. The zero-order chi connectivity index (χ0) is 17.7. The first kappa shape index (κ1) is 15.8. The molecule has 1 fully saturated rings. The summed E-state index contributed by atoms with van der Waals surface area (Å²) >= 11 is 1.38. The first-order chi connectivity index (χ1) is 12.7. The number of rotatable bonds is 1. The van der Waals surface area contributed by atoms with E-state index in [-0.39, 0.29) is 17.1 Å². The zero-order valence-corrected chi connectivity index (χ0v) is 15.1. The Morgan fingerprint density at radius 2 is 1.92 bits per heavy atom. The number of hydrogen-bond donors (Lipinski definition) is 1. The van der Waals surface area contributed by atoms with Gasteiger partial charge in [0.1, 0.15) is 5.82 Å². The van der Waals surface area contributed by atoms with E-state index >= 15 is 0 Å². The van der Waals surface area contributed by atoms with Crippen molar-refractivity contribution < 1.29 is 9.18 Å². The Balaban J connectivity index is 1.37. The maximum absolute atomic E-state index is 13.9. The van der Waals surface area contributed by atoms with Crippen molar-refractivity contribution in [3.8, 4) is 0 Å². The van der Waals surface area contributed by atoms with E-state index < -0.39 is 0 Å². The highest BCUT2D eigenvalue weighted by atomic mass is 32.1. The highest BCUT2D eigenvalue weighted by molar-refractivity contribution is 7.20. The van der Waals surface area contributed by atoms with E-state index in [0.717, 1.165) is 37.2 Å². The Morgan fingerprint density at radius 3 is 2.73 bits per heavy atom. The monoisotopic (exact) mass is 366 g/mol. The SMILES string of the molecule is O=C(c1cc2c(F)cccc2s1)N1CCC2(CC1)CNc1ccccc12. The van der Waals surface area contributed by atoms with Crippen LogP contribution in [0, 0.1) is 5.82 Å². The van der Waals surface area contributed by atoms with Crippen LogP contribution in [-0.4, -0.2) is 30.4 Å². The smallest absolute Gasteiger partial charge is 0.263 e. The lowest BCUT2D eigenvalue weighted by molar-refractivity contribution is 0.0681. The standard InChI is InChI=1S/C21H19FN2OS/c22-16-5-3-7-18-14(16)12-19(26-18)20(25)24-10-8-21(9-11-24)13-23-17-6-2-1-4-15(17)21/h1-7,12,23H,8-11,13H2. The van der Waals surface area contributed by atoms with Gasteiger partial charge in [0.15, 0.2) is 0 Å². The van der Waals surface area contributed by atoms with Gasteiger partial charge in [-0.15, -0.1) is 11.3 Å². The van der Waals surface area contributed by atoms with Crippen molar-refractivity contribution in [2.45, 2.75) is 18.3 Å². The number of piperidine rings is 1. The summed E-state index contributed by atoms with van der Waals surface area (Å²) in [6.07, 6.45) is 1.92. The van der Waals surface area contributed by atoms with Gasteiger partial charge in [-0.25, -0.2) is 4.39 Å². The predicted octanol–water partition coefficient (Wildman–Crippen LogP) is 4.64. The molecule has 1 amide bonds. The summed E-state index contributed by atoms with van der Waals surface area (Å²) in [6, 6.07) is 15.2. The van der Waals surface area contributed by atoms with E-state index in [1.165, 1.54) is 28.7 Å². The predicted molar refractivity (Wildman–Crippen MR) is 104 cm³/mol. The molecule has 132 valence electrons. The van der Waals surface area contributed by atoms with Crippen LogP contribution in [0.1, 0.15) is 28.1 Å². The topological polar surface area (TPSA) is 32.3 Å². The van der Waals surface area contributed by atoms with Gasteiger partial charge in [0, 0.05) is 40.8 Å². The van der Waals surface area contributed by atoms with Crippen molar-refractivity contribution in [3.63, 3.8) is 0 Å². The maximum Gasteiger partial charge on any atom is 0.263 e. The molecule has 2 aromatic carbocycles. The number of likely N-dealkylation sites (tertiary alicyclic amines) is 1. The van der Waals surface area contributed by atoms with Crippen molar-refractivity contribution in [3.05, 3.63) is 64.8 Å². The van der Waals surface area contributed by atoms with Crippen LogP contribution in [0.15, 0.2) is 48.5 Å². The van der Waals surface area contributed by atoms with E-state index in [9.17, 15) is 9.18 Å². The Labute approximate surface area is 155 Å². The molecule has 26 heavy (non-hydrogen) atoms. The lowest BCUT2D eigenvalue weighted by Gasteiger charge is -2.39. The molecule has 0 unspecified atom stereocenters. The van der Waals surface area contributed by atoms with Gasteiger partial charge in [-0.1, -0.05) is 24.3 Å². The fraction of sp³-hybridized carbons (Fsp3) is 0.286. The van der Waals surface area contributed by atoms with Crippen LogP contribution in [0.2, 0.25) is 0 Å². The number of halogens is 1. The van der Waals surface area contributed by atoms with Gasteiger partial charge < -0.3 is 10.2 Å².